The molecule has 0 spiro atoms. The van der Waals surface area contributed by atoms with Crippen LogP contribution in [0.3, 0.4) is 0 Å². The zero-order valence-corrected chi connectivity index (χ0v) is 10.7. The van der Waals surface area contributed by atoms with Crippen LogP contribution in [0.15, 0.2) is 0 Å². The Bertz CT molecular complexity index is 220. The number of hydrogen-bond acceptors (Lipinski definition) is 3. The fourth-order valence-corrected chi connectivity index (χ4v) is 3.16. The molecule has 2 nitrogen and oxygen atoms in total. The summed E-state index contributed by atoms with van der Waals surface area (Å²) >= 11 is 1.93. The second kappa shape index (κ2) is 6.40. The van der Waals surface area contributed by atoms with E-state index in [0.29, 0.717) is 5.92 Å². The Morgan fingerprint density at radius 3 is 2.67 bits per heavy atom. The summed E-state index contributed by atoms with van der Waals surface area (Å²) in [5.74, 6) is 2.76. The highest BCUT2D eigenvalue weighted by Gasteiger charge is 2.44. The normalized spacial score (nSPS) is 19.5. The van der Waals surface area contributed by atoms with E-state index in [9.17, 15) is 5.26 Å². The van der Waals surface area contributed by atoms with Crippen LogP contribution in [0.1, 0.15) is 39.0 Å². The Morgan fingerprint density at radius 1 is 1.47 bits per heavy atom. The molecule has 86 valence electrons. The maximum Gasteiger partial charge on any atom is 0.118 e. The van der Waals surface area contributed by atoms with Crippen LogP contribution in [0.4, 0.5) is 0 Å². The second-order valence-corrected chi connectivity index (χ2v) is 5.47. The van der Waals surface area contributed by atoms with Crippen LogP contribution < -0.4 is 5.32 Å². The van der Waals surface area contributed by atoms with Crippen LogP contribution in [0.5, 0.6) is 0 Å². The average molecular weight is 226 g/mol. The first-order valence-corrected chi connectivity index (χ1v) is 7.12. The predicted octanol–water partition coefficient (Wildman–Crippen LogP) is 2.80. The summed E-state index contributed by atoms with van der Waals surface area (Å²) in [6.45, 7) is 2.22. The number of nitrogens with zero attached hydrogens (tertiary/aromatic N) is 1. The van der Waals surface area contributed by atoms with Crippen LogP contribution in [-0.4, -0.2) is 24.1 Å². The molecule has 1 unspecified atom stereocenters. The van der Waals surface area contributed by atoms with Crippen molar-refractivity contribution in [1.82, 2.24) is 5.32 Å². The molecule has 1 N–H and O–H groups in total. The van der Waals surface area contributed by atoms with E-state index in [4.69, 9.17) is 0 Å². The zero-order chi connectivity index (χ0) is 11.1. The molecular formula is C12H22N2S. The van der Waals surface area contributed by atoms with Gasteiger partial charge in [-0.3, -0.25) is 0 Å². The highest BCUT2D eigenvalue weighted by atomic mass is 32.2. The molecule has 0 amide bonds. The Balaban J connectivity index is 2.23. The molecule has 1 aliphatic rings. The molecule has 1 rings (SSSR count). The van der Waals surface area contributed by atoms with Gasteiger partial charge in [-0.05, 0) is 38.0 Å². The van der Waals surface area contributed by atoms with E-state index in [1.165, 1.54) is 37.9 Å². The summed E-state index contributed by atoms with van der Waals surface area (Å²) in [6.07, 6.45) is 6.33. The molecule has 1 saturated carbocycles. The minimum absolute atomic E-state index is 0.239. The van der Waals surface area contributed by atoms with Crippen LogP contribution in [0.25, 0.3) is 0 Å². The van der Waals surface area contributed by atoms with Crippen molar-refractivity contribution in [3.63, 3.8) is 0 Å². The molecular weight excluding hydrogens is 204 g/mol. The quantitative estimate of drug-likeness (QED) is 0.646. The smallest absolute Gasteiger partial charge is 0.118 e. The van der Waals surface area contributed by atoms with Gasteiger partial charge in [-0.25, -0.2) is 0 Å². The number of rotatable bonds is 8. The van der Waals surface area contributed by atoms with Crippen LogP contribution in [0, 0.1) is 17.2 Å². The van der Waals surface area contributed by atoms with Gasteiger partial charge in [0.1, 0.15) is 5.54 Å². The molecule has 0 aromatic heterocycles. The fourth-order valence-electron chi connectivity index (χ4n) is 1.84. The van der Waals surface area contributed by atoms with Gasteiger partial charge in [0.2, 0.25) is 0 Å². The third-order valence-corrected chi connectivity index (χ3v) is 4.38. The van der Waals surface area contributed by atoms with Crippen molar-refractivity contribution in [3.8, 4) is 6.07 Å². The maximum atomic E-state index is 9.26. The Kier molecular flexibility index (Phi) is 5.49. The lowest BCUT2D eigenvalue weighted by molar-refractivity contribution is 0.441. The van der Waals surface area contributed by atoms with Gasteiger partial charge in [0.25, 0.3) is 0 Å². The summed E-state index contributed by atoms with van der Waals surface area (Å²) in [5, 5.41) is 12.5. The van der Waals surface area contributed by atoms with Crippen LogP contribution >= 0.6 is 11.8 Å². The summed E-state index contributed by atoms with van der Waals surface area (Å²) in [5.41, 5.74) is -0.239. The largest absolute Gasteiger partial charge is 0.302 e. The lowest BCUT2D eigenvalue weighted by Gasteiger charge is -2.25. The van der Waals surface area contributed by atoms with Crippen molar-refractivity contribution >= 4 is 11.8 Å². The van der Waals surface area contributed by atoms with Crippen LogP contribution in [-0.2, 0) is 0 Å². The number of thioether (sulfide) groups is 1. The lowest BCUT2D eigenvalue weighted by Crippen LogP contribution is -2.46. The number of unbranched alkanes of at least 4 members (excludes halogenated alkanes) is 2. The number of nitrogens with one attached hydrogen (secondary N) is 1. The summed E-state index contributed by atoms with van der Waals surface area (Å²) in [6, 6.07) is 2.49. The van der Waals surface area contributed by atoms with Gasteiger partial charge < -0.3 is 5.32 Å². The standard InChI is InChI=1S/C12H22N2S/c1-3-4-5-8-15-10-12(9-13,14-2)11-6-7-11/h11,14H,3-8,10H2,1-2H3. The van der Waals surface area contributed by atoms with Crippen molar-refractivity contribution in [2.45, 2.75) is 44.6 Å². The van der Waals surface area contributed by atoms with Crippen molar-refractivity contribution in [2.24, 2.45) is 5.92 Å². The molecule has 0 aliphatic heterocycles. The first-order valence-electron chi connectivity index (χ1n) is 5.97. The Labute approximate surface area is 97.8 Å². The van der Waals surface area contributed by atoms with E-state index >= 15 is 0 Å². The van der Waals surface area contributed by atoms with Gasteiger partial charge in [0, 0.05) is 5.75 Å². The molecule has 1 aliphatic carbocycles. The molecule has 0 aromatic rings. The van der Waals surface area contributed by atoms with Gasteiger partial charge in [-0.2, -0.15) is 17.0 Å². The Hall–Kier alpha value is -0.200. The van der Waals surface area contributed by atoms with E-state index in [1.54, 1.807) is 0 Å². The molecule has 0 aromatic carbocycles. The summed E-state index contributed by atoms with van der Waals surface area (Å²) in [7, 11) is 1.92. The van der Waals surface area contributed by atoms with Gasteiger partial charge in [-0.1, -0.05) is 19.8 Å². The molecule has 1 atom stereocenters. The predicted molar refractivity (Wildman–Crippen MR) is 67.0 cm³/mol. The highest BCUT2D eigenvalue weighted by Crippen LogP contribution is 2.40. The van der Waals surface area contributed by atoms with Crippen molar-refractivity contribution in [3.05, 3.63) is 0 Å². The van der Waals surface area contributed by atoms with Crippen molar-refractivity contribution in [1.29, 1.82) is 5.26 Å². The Morgan fingerprint density at radius 2 is 2.20 bits per heavy atom. The average Bonchev–Trinajstić information content (AvgIpc) is 3.08. The second-order valence-electron chi connectivity index (χ2n) is 4.37. The number of nitriles is 1. The minimum Gasteiger partial charge on any atom is -0.302 e. The lowest BCUT2D eigenvalue weighted by atomic mass is 9.98. The molecule has 1 fully saturated rings. The first-order chi connectivity index (χ1) is 7.29. The minimum atomic E-state index is -0.239. The van der Waals surface area contributed by atoms with E-state index in [0.717, 1.165) is 5.75 Å². The molecule has 0 saturated heterocycles. The molecule has 0 heterocycles. The van der Waals surface area contributed by atoms with Crippen molar-refractivity contribution in [2.75, 3.05) is 18.6 Å². The summed E-state index contributed by atoms with van der Waals surface area (Å²) < 4.78 is 0. The molecule has 0 bridgehead atoms. The van der Waals surface area contributed by atoms with E-state index in [2.05, 4.69) is 18.3 Å². The van der Waals surface area contributed by atoms with E-state index < -0.39 is 0 Å². The number of hydrogen-bond donors (Lipinski definition) is 1. The van der Waals surface area contributed by atoms with Crippen molar-refractivity contribution < 1.29 is 0 Å². The fraction of sp³-hybridized carbons (Fsp3) is 0.917. The van der Waals surface area contributed by atoms with Gasteiger partial charge >= 0.3 is 0 Å². The third-order valence-electron chi connectivity index (χ3n) is 3.14. The van der Waals surface area contributed by atoms with Gasteiger partial charge in [0.15, 0.2) is 0 Å². The van der Waals surface area contributed by atoms with E-state index in [-0.39, 0.29) is 5.54 Å². The zero-order valence-electron chi connectivity index (χ0n) is 9.88. The SMILES string of the molecule is CCCCCSCC(C#N)(NC)C1CC1. The molecule has 0 radical (unpaired) electrons. The highest BCUT2D eigenvalue weighted by molar-refractivity contribution is 7.99. The molecule has 3 heteroatoms. The summed E-state index contributed by atoms with van der Waals surface area (Å²) in [4.78, 5) is 0. The maximum absolute atomic E-state index is 9.26. The van der Waals surface area contributed by atoms with Gasteiger partial charge in [0.05, 0.1) is 6.07 Å². The topological polar surface area (TPSA) is 35.8 Å². The monoisotopic (exact) mass is 226 g/mol. The van der Waals surface area contributed by atoms with Crippen LogP contribution in [0.2, 0.25) is 0 Å². The van der Waals surface area contributed by atoms with E-state index in [1.807, 2.05) is 18.8 Å². The molecule has 15 heavy (non-hydrogen) atoms. The van der Waals surface area contributed by atoms with Gasteiger partial charge in [-0.15, -0.1) is 0 Å². The first kappa shape index (κ1) is 12.9. The third kappa shape index (κ3) is 3.70.